The SMILES string of the molecule is CN1CCC(N2CCN(CC3CNNC3c3ccc(F)cc3F)CC2)CC1. The van der Waals surface area contributed by atoms with E-state index in [1.54, 1.807) is 6.07 Å². The Labute approximate surface area is 160 Å². The Morgan fingerprint density at radius 3 is 2.48 bits per heavy atom. The Balaban J connectivity index is 1.30. The first-order chi connectivity index (χ1) is 13.1. The number of nitrogens with zero attached hydrogens (tertiary/aromatic N) is 3. The average molecular weight is 379 g/mol. The molecule has 0 bridgehead atoms. The van der Waals surface area contributed by atoms with E-state index in [9.17, 15) is 8.78 Å². The number of hydrazine groups is 1. The second kappa shape index (κ2) is 8.49. The predicted molar refractivity (Wildman–Crippen MR) is 102 cm³/mol. The molecule has 0 aromatic heterocycles. The van der Waals surface area contributed by atoms with Gasteiger partial charge in [-0.2, -0.15) is 0 Å². The van der Waals surface area contributed by atoms with Crippen molar-refractivity contribution < 1.29 is 8.78 Å². The summed E-state index contributed by atoms with van der Waals surface area (Å²) in [6, 6.07) is 4.51. The summed E-state index contributed by atoms with van der Waals surface area (Å²) in [5, 5.41) is 0. The summed E-state index contributed by atoms with van der Waals surface area (Å²) in [4.78, 5) is 7.58. The molecule has 2 unspecified atom stereocenters. The number of piperidine rings is 1. The van der Waals surface area contributed by atoms with Gasteiger partial charge in [-0.1, -0.05) is 6.07 Å². The molecule has 1 aromatic rings. The first kappa shape index (κ1) is 19.2. The van der Waals surface area contributed by atoms with Crippen LogP contribution in [0.1, 0.15) is 24.4 Å². The van der Waals surface area contributed by atoms with Crippen LogP contribution in [-0.4, -0.2) is 80.1 Å². The Kier molecular flexibility index (Phi) is 6.04. The topological polar surface area (TPSA) is 33.8 Å². The summed E-state index contributed by atoms with van der Waals surface area (Å²) in [6.45, 7) is 8.53. The van der Waals surface area contributed by atoms with Gasteiger partial charge in [-0.05, 0) is 39.0 Å². The largest absolute Gasteiger partial charge is 0.306 e. The minimum Gasteiger partial charge on any atom is -0.306 e. The van der Waals surface area contributed by atoms with Crippen LogP contribution in [0.5, 0.6) is 0 Å². The summed E-state index contributed by atoms with van der Waals surface area (Å²) in [5.74, 6) is -0.711. The lowest BCUT2D eigenvalue weighted by atomic mass is 9.93. The Bertz CT molecular complexity index is 627. The van der Waals surface area contributed by atoms with Gasteiger partial charge in [0.25, 0.3) is 0 Å². The molecule has 0 saturated carbocycles. The molecule has 0 radical (unpaired) electrons. The fourth-order valence-corrected chi connectivity index (χ4v) is 4.79. The molecule has 2 N–H and O–H groups in total. The van der Waals surface area contributed by atoms with E-state index in [-0.39, 0.29) is 12.0 Å². The molecule has 0 amide bonds. The molecular weight excluding hydrogens is 348 g/mol. The number of hydrogen-bond acceptors (Lipinski definition) is 5. The fraction of sp³-hybridized carbons (Fsp3) is 0.700. The van der Waals surface area contributed by atoms with E-state index < -0.39 is 11.6 Å². The summed E-state index contributed by atoms with van der Waals surface area (Å²) in [7, 11) is 2.21. The molecule has 3 heterocycles. The third-order valence-electron chi connectivity index (χ3n) is 6.49. The van der Waals surface area contributed by atoms with Crippen LogP contribution in [-0.2, 0) is 0 Å². The van der Waals surface area contributed by atoms with Gasteiger partial charge in [0, 0.05) is 62.9 Å². The second-order valence-corrected chi connectivity index (χ2v) is 8.30. The maximum atomic E-state index is 14.2. The van der Waals surface area contributed by atoms with Crippen LogP contribution in [0.4, 0.5) is 8.78 Å². The number of nitrogens with one attached hydrogen (secondary N) is 2. The van der Waals surface area contributed by atoms with Gasteiger partial charge in [-0.25, -0.2) is 14.2 Å². The van der Waals surface area contributed by atoms with Gasteiger partial charge in [-0.15, -0.1) is 0 Å². The van der Waals surface area contributed by atoms with Gasteiger partial charge in [0.05, 0.1) is 6.04 Å². The zero-order chi connectivity index (χ0) is 18.8. The minimum absolute atomic E-state index is 0.113. The lowest BCUT2D eigenvalue weighted by Crippen LogP contribution is -2.53. The van der Waals surface area contributed by atoms with Crippen molar-refractivity contribution in [2.75, 3.05) is 59.4 Å². The van der Waals surface area contributed by atoms with Gasteiger partial charge in [0.1, 0.15) is 11.6 Å². The maximum Gasteiger partial charge on any atom is 0.130 e. The lowest BCUT2D eigenvalue weighted by Gasteiger charge is -2.42. The lowest BCUT2D eigenvalue weighted by molar-refractivity contribution is 0.0581. The van der Waals surface area contributed by atoms with E-state index in [0.29, 0.717) is 5.56 Å². The van der Waals surface area contributed by atoms with Crippen molar-refractivity contribution in [2.45, 2.75) is 24.9 Å². The van der Waals surface area contributed by atoms with E-state index in [0.717, 1.165) is 51.4 Å². The highest BCUT2D eigenvalue weighted by Crippen LogP contribution is 2.28. The van der Waals surface area contributed by atoms with E-state index in [1.807, 2.05) is 0 Å². The van der Waals surface area contributed by atoms with Crippen LogP contribution in [0, 0.1) is 17.6 Å². The number of benzene rings is 1. The standard InChI is InChI=1S/C20H31F2N5/c1-25-6-4-17(5-7-25)27-10-8-26(9-11-27)14-15-13-23-24-20(15)18-3-2-16(21)12-19(18)22/h2-3,12,15,17,20,23-24H,4-11,13-14H2,1H3. The van der Waals surface area contributed by atoms with Crippen molar-refractivity contribution >= 4 is 0 Å². The van der Waals surface area contributed by atoms with Crippen molar-refractivity contribution in [2.24, 2.45) is 5.92 Å². The van der Waals surface area contributed by atoms with E-state index in [1.165, 1.54) is 32.0 Å². The van der Waals surface area contributed by atoms with Gasteiger partial charge < -0.3 is 9.80 Å². The molecule has 27 heavy (non-hydrogen) atoms. The maximum absolute atomic E-state index is 14.2. The van der Waals surface area contributed by atoms with E-state index >= 15 is 0 Å². The molecule has 4 rings (SSSR count). The van der Waals surface area contributed by atoms with E-state index in [2.05, 4.69) is 32.6 Å². The quantitative estimate of drug-likeness (QED) is 0.828. The average Bonchev–Trinajstić information content (AvgIpc) is 3.11. The van der Waals surface area contributed by atoms with Crippen molar-refractivity contribution in [1.82, 2.24) is 25.6 Å². The van der Waals surface area contributed by atoms with Crippen LogP contribution in [0.15, 0.2) is 18.2 Å². The third kappa shape index (κ3) is 4.49. The number of hydrogen-bond donors (Lipinski definition) is 2. The van der Waals surface area contributed by atoms with Crippen molar-refractivity contribution in [3.05, 3.63) is 35.4 Å². The zero-order valence-electron chi connectivity index (χ0n) is 16.1. The fourth-order valence-electron chi connectivity index (χ4n) is 4.79. The van der Waals surface area contributed by atoms with Crippen LogP contribution < -0.4 is 10.9 Å². The van der Waals surface area contributed by atoms with Crippen molar-refractivity contribution in [1.29, 1.82) is 0 Å². The number of halogens is 2. The Morgan fingerprint density at radius 2 is 1.78 bits per heavy atom. The molecule has 3 saturated heterocycles. The molecule has 5 nitrogen and oxygen atoms in total. The normalized spacial score (nSPS) is 29.4. The van der Waals surface area contributed by atoms with Crippen LogP contribution >= 0.6 is 0 Å². The summed E-state index contributed by atoms with van der Waals surface area (Å²) >= 11 is 0. The number of piperazine rings is 1. The van der Waals surface area contributed by atoms with Crippen LogP contribution in [0.2, 0.25) is 0 Å². The minimum atomic E-state index is -0.524. The molecule has 0 aliphatic carbocycles. The monoisotopic (exact) mass is 379 g/mol. The van der Waals surface area contributed by atoms with Crippen molar-refractivity contribution in [3.63, 3.8) is 0 Å². The highest BCUT2D eigenvalue weighted by atomic mass is 19.1. The zero-order valence-corrected chi connectivity index (χ0v) is 16.1. The smallest absolute Gasteiger partial charge is 0.130 e. The number of rotatable bonds is 4. The molecule has 7 heteroatoms. The van der Waals surface area contributed by atoms with Gasteiger partial charge in [0.15, 0.2) is 0 Å². The Hall–Kier alpha value is -1.12. The summed E-state index contributed by atoms with van der Waals surface area (Å²) in [5.41, 5.74) is 6.90. The molecule has 2 atom stereocenters. The summed E-state index contributed by atoms with van der Waals surface area (Å²) < 4.78 is 27.4. The number of likely N-dealkylation sites (tertiary alicyclic amines) is 1. The first-order valence-corrected chi connectivity index (χ1v) is 10.2. The molecule has 150 valence electrons. The molecular formula is C20H31F2N5. The third-order valence-corrected chi connectivity index (χ3v) is 6.49. The van der Waals surface area contributed by atoms with Gasteiger partial charge in [-0.3, -0.25) is 10.3 Å². The highest BCUT2D eigenvalue weighted by Gasteiger charge is 2.33. The highest BCUT2D eigenvalue weighted by molar-refractivity contribution is 5.24. The molecule has 0 spiro atoms. The first-order valence-electron chi connectivity index (χ1n) is 10.2. The molecule has 1 aromatic carbocycles. The molecule has 3 fully saturated rings. The Morgan fingerprint density at radius 1 is 1.04 bits per heavy atom. The van der Waals surface area contributed by atoms with E-state index in [4.69, 9.17) is 0 Å². The second-order valence-electron chi connectivity index (χ2n) is 8.30. The van der Waals surface area contributed by atoms with Gasteiger partial charge in [0.2, 0.25) is 0 Å². The van der Waals surface area contributed by atoms with Crippen LogP contribution in [0.25, 0.3) is 0 Å². The molecule has 3 aliphatic rings. The predicted octanol–water partition coefficient (Wildman–Crippen LogP) is 1.44. The van der Waals surface area contributed by atoms with Gasteiger partial charge >= 0.3 is 0 Å². The van der Waals surface area contributed by atoms with Crippen molar-refractivity contribution in [3.8, 4) is 0 Å². The summed E-state index contributed by atoms with van der Waals surface area (Å²) in [6.07, 6.45) is 2.55. The van der Waals surface area contributed by atoms with Crippen LogP contribution in [0.3, 0.4) is 0 Å². The molecule has 3 aliphatic heterocycles.